The SMILES string of the molecule is CC(=O)O[C@@H]1CC(C)=C2C(=O)C=C(C)[C@]2(O)[C@H]2OC(=O)[C@H](C)[C@H]12. The Morgan fingerprint density at radius 3 is 2.65 bits per heavy atom. The van der Waals surface area contributed by atoms with E-state index >= 15 is 0 Å². The van der Waals surface area contributed by atoms with Gasteiger partial charge in [-0.2, -0.15) is 0 Å². The summed E-state index contributed by atoms with van der Waals surface area (Å²) in [5.74, 6) is -2.21. The third-order valence-corrected chi connectivity index (χ3v) is 5.21. The normalized spacial score (nSPS) is 39.4. The van der Waals surface area contributed by atoms with Crippen molar-refractivity contribution in [1.29, 1.82) is 0 Å². The first-order chi connectivity index (χ1) is 10.7. The number of allylic oxidation sites excluding steroid dienone is 1. The Morgan fingerprint density at radius 1 is 1.39 bits per heavy atom. The zero-order chi connectivity index (χ0) is 17.1. The standard InChI is InChI=1S/C17H20O6/c1-7-5-12(22-10(4)18)13-9(3)16(20)23-15(13)17(21)8(2)6-11(19)14(7)17/h6,9,12-13,15,21H,5H2,1-4H3/t9-,12-,13-,15+,17-/m1/s1. The van der Waals surface area contributed by atoms with Gasteiger partial charge in [-0.3, -0.25) is 14.4 Å². The lowest BCUT2D eigenvalue weighted by atomic mass is 9.76. The van der Waals surface area contributed by atoms with Crippen LogP contribution >= 0.6 is 0 Å². The summed E-state index contributed by atoms with van der Waals surface area (Å²) in [6.07, 6.45) is 0.150. The third-order valence-electron chi connectivity index (χ3n) is 5.21. The largest absolute Gasteiger partial charge is 0.462 e. The second kappa shape index (κ2) is 5.03. The quantitative estimate of drug-likeness (QED) is 0.727. The van der Waals surface area contributed by atoms with Crippen molar-refractivity contribution in [2.75, 3.05) is 0 Å². The highest BCUT2D eigenvalue weighted by molar-refractivity contribution is 6.11. The maximum absolute atomic E-state index is 12.3. The van der Waals surface area contributed by atoms with Gasteiger partial charge in [0.15, 0.2) is 11.4 Å². The highest BCUT2D eigenvalue weighted by Crippen LogP contribution is 2.50. The number of rotatable bonds is 1. The molecule has 0 bridgehead atoms. The Hall–Kier alpha value is -1.95. The van der Waals surface area contributed by atoms with Crippen LogP contribution in [-0.2, 0) is 23.9 Å². The Bertz CT molecular complexity index is 673. The molecule has 5 atom stereocenters. The summed E-state index contributed by atoms with van der Waals surface area (Å²) in [5, 5.41) is 11.3. The zero-order valence-corrected chi connectivity index (χ0v) is 13.6. The number of hydrogen-bond donors (Lipinski definition) is 1. The minimum atomic E-state index is -1.64. The smallest absolute Gasteiger partial charge is 0.309 e. The predicted molar refractivity (Wildman–Crippen MR) is 79.1 cm³/mol. The molecule has 23 heavy (non-hydrogen) atoms. The third kappa shape index (κ3) is 2.08. The molecule has 1 heterocycles. The van der Waals surface area contributed by atoms with Gasteiger partial charge in [0, 0.05) is 18.9 Å². The summed E-state index contributed by atoms with van der Waals surface area (Å²) in [6.45, 7) is 6.40. The van der Waals surface area contributed by atoms with Crippen LogP contribution in [0.25, 0.3) is 0 Å². The molecule has 1 fully saturated rings. The maximum atomic E-state index is 12.3. The van der Waals surface area contributed by atoms with Gasteiger partial charge in [0.2, 0.25) is 0 Å². The molecule has 0 unspecified atom stereocenters. The summed E-state index contributed by atoms with van der Waals surface area (Å²) in [5.41, 5.74) is -0.269. The van der Waals surface area contributed by atoms with Crippen molar-refractivity contribution in [3.05, 3.63) is 22.8 Å². The van der Waals surface area contributed by atoms with Crippen LogP contribution < -0.4 is 0 Å². The first-order valence-electron chi connectivity index (χ1n) is 7.71. The highest BCUT2D eigenvalue weighted by Gasteiger charge is 2.62. The molecule has 1 saturated heterocycles. The molecule has 2 aliphatic carbocycles. The minimum Gasteiger partial charge on any atom is -0.462 e. The van der Waals surface area contributed by atoms with Crippen LogP contribution in [0.2, 0.25) is 0 Å². The van der Waals surface area contributed by atoms with Crippen LogP contribution in [0.3, 0.4) is 0 Å². The van der Waals surface area contributed by atoms with E-state index in [1.54, 1.807) is 20.8 Å². The summed E-state index contributed by atoms with van der Waals surface area (Å²) in [6, 6.07) is 0. The van der Waals surface area contributed by atoms with Gasteiger partial charge in [0.25, 0.3) is 0 Å². The van der Waals surface area contributed by atoms with Crippen LogP contribution in [0.1, 0.15) is 34.1 Å². The summed E-state index contributed by atoms with van der Waals surface area (Å²) < 4.78 is 10.9. The van der Waals surface area contributed by atoms with E-state index in [1.165, 1.54) is 13.0 Å². The van der Waals surface area contributed by atoms with Crippen molar-refractivity contribution in [2.45, 2.75) is 51.9 Å². The molecule has 6 nitrogen and oxygen atoms in total. The lowest BCUT2D eigenvalue weighted by Gasteiger charge is -2.35. The minimum absolute atomic E-state index is 0.251. The first-order valence-corrected chi connectivity index (χ1v) is 7.71. The van der Waals surface area contributed by atoms with Crippen LogP contribution in [-0.4, -0.2) is 40.6 Å². The number of hydrogen-bond acceptors (Lipinski definition) is 6. The van der Waals surface area contributed by atoms with Crippen molar-refractivity contribution in [3.63, 3.8) is 0 Å². The molecule has 6 heteroatoms. The Balaban J connectivity index is 2.17. The van der Waals surface area contributed by atoms with Gasteiger partial charge in [-0.25, -0.2) is 0 Å². The van der Waals surface area contributed by atoms with Gasteiger partial charge in [-0.1, -0.05) is 12.5 Å². The summed E-state index contributed by atoms with van der Waals surface area (Å²) >= 11 is 0. The molecule has 1 N–H and O–H groups in total. The number of carbonyl (C=O) groups is 3. The van der Waals surface area contributed by atoms with Crippen molar-refractivity contribution in [3.8, 4) is 0 Å². The van der Waals surface area contributed by atoms with Gasteiger partial charge in [-0.15, -0.1) is 0 Å². The molecule has 0 radical (unpaired) electrons. The molecule has 0 spiro atoms. The lowest BCUT2D eigenvalue weighted by molar-refractivity contribution is -0.154. The van der Waals surface area contributed by atoms with Crippen molar-refractivity contribution in [1.82, 2.24) is 0 Å². The van der Waals surface area contributed by atoms with Gasteiger partial charge < -0.3 is 14.6 Å². The van der Waals surface area contributed by atoms with Crippen LogP contribution in [0.4, 0.5) is 0 Å². The number of ketones is 1. The van der Waals surface area contributed by atoms with E-state index in [4.69, 9.17) is 9.47 Å². The Morgan fingerprint density at radius 2 is 2.04 bits per heavy atom. The molecule has 3 aliphatic rings. The van der Waals surface area contributed by atoms with E-state index in [0.717, 1.165) is 0 Å². The molecular weight excluding hydrogens is 300 g/mol. The van der Waals surface area contributed by atoms with E-state index in [2.05, 4.69) is 0 Å². The maximum Gasteiger partial charge on any atom is 0.309 e. The van der Waals surface area contributed by atoms with Gasteiger partial charge >= 0.3 is 11.9 Å². The van der Waals surface area contributed by atoms with Gasteiger partial charge in [0.1, 0.15) is 12.2 Å². The molecule has 0 aromatic rings. The molecule has 124 valence electrons. The second-order valence-corrected chi connectivity index (χ2v) is 6.69. The van der Waals surface area contributed by atoms with E-state index in [-0.39, 0.29) is 11.4 Å². The van der Waals surface area contributed by atoms with E-state index in [0.29, 0.717) is 17.6 Å². The number of esters is 2. The zero-order valence-electron chi connectivity index (χ0n) is 13.6. The molecule has 0 saturated carbocycles. The molecular formula is C17H20O6. The van der Waals surface area contributed by atoms with Crippen molar-refractivity contribution in [2.24, 2.45) is 11.8 Å². The average Bonchev–Trinajstić information content (AvgIpc) is 2.81. The fourth-order valence-corrected chi connectivity index (χ4v) is 4.15. The molecule has 1 aliphatic heterocycles. The lowest BCUT2D eigenvalue weighted by Crippen LogP contribution is -2.49. The Kier molecular flexibility index (Phi) is 3.48. The topological polar surface area (TPSA) is 89.9 Å². The first kappa shape index (κ1) is 15.9. The van der Waals surface area contributed by atoms with Crippen LogP contribution in [0.15, 0.2) is 22.8 Å². The predicted octanol–water partition coefficient (Wildman–Crippen LogP) is 1.08. The fourth-order valence-electron chi connectivity index (χ4n) is 4.15. The average molecular weight is 320 g/mol. The summed E-state index contributed by atoms with van der Waals surface area (Å²) in [7, 11) is 0. The highest BCUT2D eigenvalue weighted by atomic mass is 16.6. The fraction of sp³-hybridized carbons (Fsp3) is 0.588. The molecule has 0 aromatic carbocycles. The van der Waals surface area contributed by atoms with E-state index in [1.807, 2.05) is 0 Å². The number of ether oxygens (including phenoxy) is 2. The monoisotopic (exact) mass is 320 g/mol. The second-order valence-electron chi connectivity index (χ2n) is 6.69. The summed E-state index contributed by atoms with van der Waals surface area (Å²) in [4.78, 5) is 35.9. The van der Waals surface area contributed by atoms with Crippen LogP contribution in [0, 0.1) is 11.8 Å². The molecule has 0 amide bonds. The van der Waals surface area contributed by atoms with Gasteiger partial charge in [-0.05, 0) is 25.5 Å². The van der Waals surface area contributed by atoms with Crippen molar-refractivity contribution < 1.29 is 29.0 Å². The number of carbonyl (C=O) groups excluding carboxylic acids is 3. The number of aliphatic hydroxyl groups is 1. The Labute approximate surface area is 134 Å². The van der Waals surface area contributed by atoms with Gasteiger partial charge in [0.05, 0.1) is 11.8 Å². The number of fused-ring (bicyclic) bond motifs is 3. The van der Waals surface area contributed by atoms with Crippen LogP contribution in [0.5, 0.6) is 0 Å². The molecule has 0 aromatic heterocycles. The van der Waals surface area contributed by atoms with Crippen molar-refractivity contribution >= 4 is 17.7 Å². The molecule has 3 rings (SSSR count). The van der Waals surface area contributed by atoms with E-state index < -0.39 is 41.6 Å². The van der Waals surface area contributed by atoms with E-state index in [9.17, 15) is 19.5 Å².